The smallest absolute Gasteiger partial charge is 0.407 e. The molecule has 2 amide bonds. The highest BCUT2D eigenvalue weighted by Crippen LogP contribution is 2.28. The standard InChI is InChI=1S/C18H28N2O5/c1-13(21)20(10-9-19-17(22)25-18(2,3)4)12-14-7-8-15(23-5)16(11-14)24-6/h7-8,11H,9-10,12H2,1-6H3,(H,19,22). The minimum atomic E-state index is -0.552. The van der Waals surface area contributed by atoms with E-state index < -0.39 is 11.7 Å². The lowest BCUT2D eigenvalue weighted by Crippen LogP contribution is -2.39. The Morgan fingerprint density at radius 3 is 2.28 bits per heavy atom. The second kappa shape index (κ2) is 9.15. The maximum absolute atomic E-state index is 11.9. The van der Waals surface area contributed by atoms with Crippen LogP contribution in [0, 0.1) is 0 Å². The Labute approximate surface area is 149 Å². The van der Waals surface area contributed by atoms with E-state index in [2.05, 4.69) is 5.32 Å². The monoisotopic (exact) mass is 352 g/mol. The van der Waals surface area contributed by atoms with Crippen molar-refractivity contribution in [1.29, 1.82) is 0 Å². The Hall–Kier alpha value is -2.44. The molecule has 1 aromatic rings. The second-order valence-corrected chi connectivity index (χ2v) is 6.56. The molecule has 0 unspecified atom stereocenters. The zero-order chi connectivity index (χ0) is 19.0. The maximum atomic E-state index is 11.9. The van der Waals surface area contributed by atoms with E-state index in [-0.39, 0.29) is 5.91 Å². The molecule has 0 bridgehead atoms. The molecule has 140 valence electrons. The second-order valence-electron chi connectivity index (χ2n) is 6.56. The number of hydrogen-bond donors (Lipinski definition) is 1. The molecule has 25 heavy (non-hydrogen) atoms. The number of carbonyl (C=O) groups excluding carboxylic acids is 2. The molecule has 7 heteroatoms. The van der Waals surface area contributed by atoms with Crippen molar-refractivity contribution in [3.05, 3.63) is 23.8 Å². The minimum Gasteiger partial charge on any atom is -0.493 e. The van der Waals surface area contributed by atoms with Crippen molar-refractivity contribution in [1.82, 2.24) is 10.2 Å². The first kappa shape index (κ1) is 20.6. The fraction of sp³-hybridized carbons (Fsp3) is 0.556. The number of benzene rings is 1. The average Bonchev–Trinajstić information content (AvgIpc) is 2.51. The summed E-state index contributed by atoms with van der Waals surface area (Å²) in [6, 6.07) is 5.50. The van der Waals surface area contributed by atoms with Gasteiger partial charge in [-0.1, -0.05) is 6.07 Å². The van der Waals surface area contributed by atoms with Crippen LogP contribution in [-0.4, -0.2) is 49.8 Å². The van der Waals surface area contributed by atoms with Gasteiger partial charge in [0.2, 0.25) is 5.91 Å². The van der Waals surface area contributed by atoms with Gasteiger partial charge in [-0.25, -0.2) is 4.79 Å². The van der Waals surface area contributed by atoms with Crippen molar-refractivity contribution < 1.29 is 23.8 Å². The number of rotatable bonds is 7. The minimum absolute atomic E-state index is 0.0826. The quantitative estimate of drug-likeness (QED) is 0.816. The van der Waals surface area contributed by atoms with E-state index in [1.165, 1.54) is 6.92 Å². The maximum Gasteiger partial charge on any atom is 0.407 e. The molecule has 0 heterocycles. The molecule has 0 aliphatic carbocycles. The van der Waals surface area contributed by atoms with Gasteiger partial charge in [0.1, 0.15) is 5.60 Å². The van der Waals surface area contributed by atoms with Crippen molar-refractivity contribution in [2.45, 2.75) is 39.8 Å². The van der Waals surface area contributed by atoms with Crippen LogP contribution in [0.15, 0.2) is 18.2 Å². The van der Waals surface area contributed by atoms with E-state index in [4.69, 9.17) is 14.2 Å². The van der Waals surface area contributed by atoms with Crippen LogP contribution in [-0.2, 0) is 16.1 Å². The van der Waals surface area contributed by atoms with E-state index in [1.807, 2.05) is 12.1 Å². The topological polar surface area (TPSA) is 77.1 Å². The van der Waals surface area contributed by atoms with E-state index >= 15 is 0 Å². The van der Waals surface area contributed by atoms with E-state index in [1.54, 1.807) is 46.0 Å². The summed E-state index contributed by atoms with van der Waals surface area (Å²) in [6.45, 7) is 7.98. The molecule has 7 nitrogen and oxygen atoms in total. The zero-order valence-corrected chi connectivity index (χ0v) is 15.8. The lowest BCUT2D eigenvalue weighted by atomic mass is 10.2. The zero-order valence-electron chi connectivity index (χ0n) is 15.8. The van der Waals surface area contributed by atoms with Crippen LogP contribution < -0.4 is 14.8 Å². The van der Waals surface area contributed by atoms with Gasteiger partial charge in [-0.05, 0) is 38.5 Å². The Morgan fingerprint density at radius 1 is 1.12 bits per heavy atom. The lowest BCUT2D eigenvalue weighted by Gasteiger charge is -2.23. The third kappa shape index (κ3) is 7.32. The summed E-state index contributed by atoms with van der Waals surface area (Å²) in [4.78, 5) is 25.1. The summed E-state index contributed by atoms with van der Waals surface area (Å²) >= 11 is 0. The molecule has 0 fully saturated rings. The first-order valence-electron chi connectivity index (χ1n) is 8.09. The number of alkyl carbamates (subject to hydrolysis) is 1. The molecule has 0 radical (unpaired) electrons. The summed E-state index contributed by atoms with van der Waals surface area (Å²) in [7, 11) is 3.14. The van der Waals surface area contributed by atoms with Gasteiger partial charge in [0.15, 0.2) is 11.5 Å². The molecule has 0 atom stereocenters. The van der Waals surface area contributed by atoms with Gasteiger partial charge in [-0.15, -0.1) is 0 Å². The Kier molecular flexibility index (Phi) is 7.54. The largest absolute Gasteiger partial charge is 0.493 e. The summed E-state index contributed by atoms with van der Waals surface area (Å²) < 4.78 is 15.7. The van der Waals surface area contributed by atoms with E-state index in [9.17, 15) is 9.59 Å². The van der Waals surface area contributed by atoms with Crippen molar-refractivity contribution in [2.75, 3.05) is 27.3 Å². The van der Waals surface area contributed by atoms with Crippen molar-refractivity contribution >= 4 is 12.0 Å². The fourth-order valence-electron chi connectivity index (χ4n) is 2.15. The van der Waals surface area contributed by atoms with Gasteiger partial charge in [-0.3, -0.25) is 4.79 Å². The van der Waals surface area contributed by atoms with E-state index in [0.717, 1.165) is 5.56 Å². The summed E-state index contributed by atoms with van der Waals surface area (Å²) in [5, 5.41) is 2.65. The van der Waals surface area contributed by atoms with Crippen molar-refractivity contribution in [3.63, 3.8) is 0 Å². The van der Waals surface area contributed by atoms with Crippen LogP contribution in [0.25, 0.3) is 0 Å². The number of methoxy groups -OCH3 is 2. The number of nitrogens with zero attached hydrogens (tertiary/aromatic N) is 1. The molecule has 0 aromatic heterocycles. The van der Waals surface area contributed by atoms with Crippen LogP contribution in [0.5, 0.6) is 11.5 Å². The van der Waals surface area contributed by atoms with Gasteiger partial charge in [0.25, 0.3) is 0 Å². The highest BCUT2D eigenvalue weighted by molar-refractivity contribution is 5.73. The molecule has 1 N–H and O–H groups in total. The third-order valence-electron chi connectivity index (χ3n) is 3.32. The fourth-order valence-corrected chi connectivity index (χ4v) is 2.15. The van der Waals surface area contributed by atoms with Crippen LogP contribution in [0.3, 0.4) is 0 Å². The highest BCUT2D eigenvalue weighted by Gasteiger charge is 2.17. The van der Waals surface area contributed by atoms with Crippen LogP contribution in [0.2, 0.25) is 0 Å². The summed E-state index contributed by atoms with van der Waals surface area (Å²) in [5.74, 6) is 1.16. The summed E-state index contributed by atoms with van der Waals surface area (Å²) in [5.41, 5.74) is 0.356. The molecule has 0 saturated carbocycles. The van der Waals surface area contributed by atoms with Gasteiger partial charge >= 0.3 is 6.09 Å². The lowest BCUT2D eigenvalue weighted by molar-refractivity contribution is -0.129. The average molecular weight is 352 g/mol. The normalized spacial score (nSPS) is 10.8. The number of hydrogen-bond acceptors (Lipinski definition) is 5. The molecule has 0 aliphatic rings. The van der Waals surface area contributed by atoms with E-state index in [0.29, 0.717) is 31.1 Å². The van der Waals surface area contributed by atoms with Crippen LogP contribution >= 0.6 is 0 Å². The number of ether oxygens (including phenoxy) is 3. The predicted octanol–water partition coefficient (Wildman–Crippen LogP) is 2.58. The third-order valence-corrected chi connectivity index (χ3v) is 3.32. The molecule has 0 saturated heterocycles. The van der Waals surface area contributed by atoms with Crippen LogP contribution in [0.1, 0.15) is 33.3 Å². The first-order chi connectivity index (χ1) is 11.7. The first-order valence-corrected chi connectivity index (χ1v) is 8.09. The van der Waals surface area contributed by atoms with Crippen molar-refractivity contribution in [2.24, 2.45) is 0 Å². The molecular weight excluding hydrogens is 324 g/mol. The summed E-state index contributed by atoms with van der Waals surface area (Å²) in [6.07, 6.45) is -0.498. The van der Waals surface area contributed by atoms with Crippen LogP contribution in [0.4, 0.5) is 4.79 Å². The van der Waals surface area contributed by atoms with Gasteiger partial charge in [0.05, 0.1) is 14.2 Å². The van der Waals surface area contributed by atoms with Crippen molar-refractivity contribution in [3.8, 4) is 11.5 Å². The highest BCUT2D eigenvalue weighted by atomic mass is 16.6. The SMILES string of the molecule is COc1ccc(CN(CCNC(=O)OC(C)(C)C)C(C)=O)cc1OC. The molecule has 1 aromatic carbocycles. The molecular formula is C18H28N2O5. The molecule has 0 aliphatic heterocycles. The van der Waals surface area contributed by atoms with Gasteiger partial charge < -0.3 is 24.4 Å². The van der Waals surface area contributed by atoms with Gasteiger partial charge in [-0.2, -0.15) is 0 Å². The number of carbonyl (C=O) groups is 2. The van der Waals surface area contributed by atoms with Gasteiger partial charge in [0, 0.05) is 26.6 Å². The number of amides is 2. The Bertz CT molecular complexity index is 596. The Balaban J connectivity index is 2.63. The Morgan fingerprint density at radius 2 is 1.76 bits per heavy atom. The number of nitrogens with one attached hydrogen (secondary N) is 1. The molecule has 1 rings (SSSR count). The molecule has 0 spiro atoms. The predicted molar refractivity (Wildman–Crippen MR) is 94.9 cm³/mol.